The van der Waals surface area contributed by atoms with Crippen molar-refractivity contribution in [1.29, 1.82) is 0 Å². The maximum absolute atomic E-state index is 13.8. The number of hydrogen-bond donors (Lipinski definition) is 2. The molecule has 0 saturated heterocycles. The molecule has 34 heavy (non-hydrogen) atoms. The minimum absolute atomic E-state index is 0.105. The first kappa shape index (κ1) is 25.3. The van der Waals surface area contributed by atoms with E-state index >= 15 is 0 Å². The van der Waals surface area contributed by atoms with Gasteiger partial charge >= 0.3 is 18.4 Å². The van der Waals surface area contributed by atoms with Crippen molar-refractivity contribution in [2.75, 3.05) is 0 Å². The number of fused-ring (bicyclic) bond motifs is 1. The Morgan fingerprint density at radius 1 is 0.941 bits per heavy atom. The van der Waals surface area contributed by atoms with Gasteiger partial charge in [-0.05, 0) is 46.2 Å². The standard InChI is InChI=1S/C23H14BrF6NO3/c24-15-8-13(7-14(9-15)22(25,26)27)19(23(28,29)30)10-20(32)18-6-5-12(11-31-21(33)34)16-3-1-2-4-17(16)18/h1-10,31H,11H2,(H,33,34). The van der Waals surface area contributed by atoms with Gasteiger partial charge in [0.2, 0.25) is 0 Å². The maximum Gasteiger partial charge on any atom is 0.417 e. The predicted octanol–water partition coefficient (Wildman–Crippen LogP) is 7.22. The molecule has 0 fully saturated rings. The van der Waals surface area contributed by atoms with Gasteiger partial charge < -0.3 is 10.4 Å². The van der Waals surface area contributed by atoms with E-state index in [1.807, 2.05) is 0 Å². The maximum atomic E-state index is 13.8. The van der Waals surface area contributed by atoms with E-state index in [-0.39, 0.29) is 28.0 Å². The Balaban J connectivity index is 2.14. The van der Waals surface area contributed by atoms with Gasteiger partial charge in [-0.3, -0.25) is 4.79 Å². The molecule has 0 aliphatic heterocycles. The number of alkyl halides is 6. The first-order valence-electron chi connectivity index (χ1n) is 9.46. The Morgan fingerprint density at radius 3 is 2.18 bits per heavy atom. The Labute approximate surface area is 197 Å². The fraction of sp³-hybridized carbons (Fsp3) is 0.130. The zero-order chi connectivity index (χ0) is 25.3. The van der Waals surface area contributed by atoms with Crippen LogP contribution in [0.2, 0.25) is 0 Å². The smallest absolute Gasteiger partial charge is 0.417 e. The topological polar surface area (TPSA) is 66.4 Å². The highest BCUT2D eigenvalue weighted by atomic mass is 79.9. The van der Waals surface area contributed by atoms with Gasteiger partial charge in [0.15, 0.2) is 5.78 Å². The molecule has 0 aliphatic rings. The number of halogens is 7. The Hall–Kier alpha value is -3.34. The number of carboxylic acid groups (broad SMARTS) is 1. The monoisotopic (exact) mass is 545 g/mol. The number of carbonyl (C=O) groups excluding carboxylic acids is 1. The van der Waals surface area contributed by atoms with Crippen LogP contribution in [0, 0.1) is 0 Å². The van der Waals surface area contributed by atoms with Crippen molar-refractivity contribution in [3.63, 3.8) is 0 Å². The number of amides is 1. The molecule has 0 atom stereocenters. The van der Waals surface area contributed by atoms with E-state index in [0.717, 1.165) is 6.07 Å². The van der Waals surface area contributed by atoms with Gasteiger partial charge in [-0.1, -0.05) is 52.3 Å². The molecule has 0 aromatic heterocycles. The van der Waals surface area contributed by atoms with Crippen molar-refractivity contribution in [2.45, 2.75) is 18.9 Å². The quantitative estimate of drug-likeness (QED) is 0.202. The average molecular weight is 546 g/mol. The first-order chi connectivity index (χ1) is 15.8. The minimum atomic E-state index is -5.12. The molecule has 1 amide bonds. The molecule has 0 radical (unpaired) electrons. The number of rotatable bonds is 5. The molecule has 0 unspecified atom stereocenters. The van der Waals surface area contributed by atoms with Gasteiger partial charge in [0.05, 0.1) is 11.1 Å². The molecule has 3 aromatic carbocycles. The highest BCUT2D eigenvalue weighted by Crippen LogP contribution is 2.39. The van der Waals surface area contributed by atoms with Gasteiger partial charge in [-0.2, -0.15) is 26.3 Å². The average Bonchev–Trinajstić information content (AvgIpc) is 2.73. The second-order valence-electron chi connectivity index (χ2n) is 7.12. The van der Waals surface area contributed by atoms with Crippen LogP contribution in [0.25, 0.3) is 16.3 Å². The number of nitrogens with one attached hydrogen (secondary N) is 1. The second-order valence-corrected chi connectivity index (χ2v) is 8.04. The van der Waals surface area contributed by atoms with Gasteiger partial charge in [0.25, 0.3) is 0 Å². The van der Waals surface area contributed by atoms with Crippen molar-refractivity contribution >= 4 is 44.2 Å². The highest BCUT2D eigenvalue weighted by molar-refractivity contribution is 9.10. The summed E-state index contributed by atoms with van der Waals surface area (Å²) in [5.41, 5.74) is -3.31. The Morgan fingerprint density at radius 2 is 1.59 bits per heavy atom. The summed E-state index contributed by atoms with van der Waals surface area (Å²) in [7, 11) is 0. The zero-order valence-corrected chi connectivity index (χ0v) is 18.5. The fourth-order valence-electron chi connectivity index (χ4n) is 3.35. The van der Waals surface area contributed by atoms with Crippen LogP contribution in [-0.2, 0) is 12.7 Å². The third-order valence-corrected chi connectivity index (χ3v) is 5.28. The summed E-state index contributed by atoms with van der Waals surface area (Å²) >= 11 is 2.79. The number of ketones is 1. The molecular formula is C23H14BrF6NO3. The molecule has 0 saturated carbocycles. The van der Waals surface area contributed by atoms with Gasteiger partial charge in [-0.25, -0.2) is 4.79 Å². The Kier molecular flexibility index (Phi) is 7.06. The van der Waals surface area contributed by atoms with Crippen LogP contribution in [0.1, 0.15) is 27.0 Å². The van der Waals surface area contributed by atoms with Crippen molar-refractivity contribution in [3.05, 3.63) is 87.4 Å². The van der Waals surface area contributed by atoms with Crippen LogP contribution >= 0.6 is 15.9 Å². The molecule has 11 heteroatoms. The first-order valence-corrected chi connectivity index (χ1v) is 10.3. The van der Waals surface area contributed by atoms with Gasteiger partial charge in [0, 0.05) is 16.6 Å². The normalized spacial score (nSPS) is 12.6. The summed E-state index contributed by atoms with van der Waals surface area (Å²) in [4.78, 5) is 23.7. The van der Waals surface area contributed by atoms with Crippen molar-refractivity contribution in [3.8, 4) is 0 Å². The van der Waals surface area contributed by atoms with Crippen LogP contribution in [0.4, 0.5) is 31.1 Å². The summed E-state index contributed by atoms with van der Waals surface area (Å²) in [5, 5.41) is 11.7. The number of benzene rings is 3. The highest BCUT2D eigenvalue weighted by Gasteiger charge is 2.38. The summed E-state index contributed by atoms with van der Waals surface area (Å²) in [6.07, 6.45) is -11.0. The van der Waals surface area contributed by atoms with E-state index in [4.69, 9.17) is 5.11 Å². The van der Waals surface area contributed by atoms with E-state index < -0.39 is 40.9 Å². The SMILES string of the molecule is O=C(O)NCc1ccc(C(=O)C=C(c2cc(Br)cc(C(F)(F)F)c2)C(F)(F)F)c2ccccc12. The van der Waals surface area contributed by atoms with E-state index in [1.54, 1.807) is 18.2 Å². The van der Waals surface area contributed by atoms with Crippen LogP contribution in [0.3, 0.4) is 0 Å². The number of carbonyl (C=O) groups is 2. The summed E-state index contributed by atoms with van der Waals surface area (Å²) < 4.78 is 80.6. The van der Waals surface area contributed by atoms with Crippen LogP contribution < -0.4 is 5.32 Å². The molecule has 2 N–H and O–H groups in total. The summed E-state index contributed by atoms with van der Waals surface area (Å²) in [5.74, 6) is -1.07. The number of hydrogen-bond acceptors (Lipinski definition) is 2. The Bertz CT molecular complexity index is 1300. The van der Waals surface area contributed by atoms with Crippen molar-refractivity contribution in [1.82, 2.24) is 5.32 Å². The fourth-order valence-corrected chi connectivity index (χ4v) is 3.84. The van der Waals surface area contributed by atoms with E-state index in [1.165, 1.54) is 18.2 Å². The molecule has 0 aliphatic carbocycles. The van der Waals surface area contributed by atoms with E-state index in [2.05, 4.69) is 21.2 Å². The second kappa shape index (κ2) is 9.49. The lowest BCUT2D eigenvalue weighted by atomic mass is 9.94. The lowest BCUT2D eigenvalue weighted by molar-refractivity contribution is -0.137. The van der Waals surface area contributed by atoms with E-state index in [0.29, 0.717) is 23.1 Å². The summed E-state index contributed by atoms with van der Waals surface area (Å²) in [6, 6.07) is 10.7. The molecule has 4 nitrogen and oxygen atoms in total. The number of allylic oxidation sites excluding steroid dienone is 2. The molecule has 3 rings (SSSR count). The van der Waals surface area contributed by atoms with Gasteiger partial charge in [0.1, 0.15) is 0 Å². The molecule has 0 bridgehead atoms. The lowest BCUT2D eigenvalue weighted by Gasteiger charge is -2.16. The lowest BCUT2D eigenvalue weighted by Crippen LogP contribution is -2.20. The molecular weight excluding hydrogens is 532 g/mol. The molecule has 0 spiro atoms. The molecule has 178 valence electrons. The largest absolute Gasteiger partial charge is 0.465 e. The van der Waals surface area contributed by atoms with Crippen molar-refractivity contribution in [2.24, 2.45) is 0 Å². The van der Waals surface area contributed by atoms with Crippen LogP contribution in [0.15, 0.2) is 65.1 Å². The minimum Gasteiger partial charge on any atom is -0.465 e. The third kappa shape index (κ3) is 5.77. The van der Waals surface area contributed by atoms with Gasteiger partial charge in [-0.15, -0.1) is 0 Å². The van der Waals surface area contributed by atoms with Crippen LogP contribution in [-0.4, -0.2) is 23.2 Å². The zero-order valence-electron chi connectivity index (χ0n) is 16.9. The van der Waals surface area contributed by atoms with Crippen molar-refractivity contribution < 1.29 is 41.0 Å². The molecule has 0 heterocycles. The van der Waals surface area contributed by atoms with E-state index in [9.17, 15) is 35.9 Å². The van der Waals surface area contributed by atoms with Crippen LogP contribution in [0.5, 0.6) is 0 Å². The predicted molar refractivity (Wildman–Crippen MR) is 116 cm³/mol. The molecule has 3 aromatic rings. The third-order valence-electron chi connectivity index (χ3n) is 4.83. The summed E-state index contributed by atoms with van der Waals surface area (Å²) in [6.45, 7) is -0.105.